The molecule has 0 radical (unpaired) electrons. The molecule has 2 rings (SSSR count). The maximum atomic E-state index is 5.73. The van der Waals surface area contributed by atoms with Gasteiger partial charge >= 0.3 is 0 Å². The summed E-state index contributed by atoms with van der Waals surface area (Å²) in [4.78, 5) is 0. The smallest absolute Gasteiger partial charge is 0.123 e. The summed E-state index contributed by atoms with van der Waals surface area (Å²) in [7, 11) is 0. The first-order valence-corrected chi connectivity index (χ1v) is 4.94. The maximum absolute atomic E-state index is 5.73. The Balaban J connectivity index is 2.05. The zero-order chi connectivity index (χ0) is 9.80. The van der Waals surface area contributed by atoms with E-state index in [0.717, 1.165) is 12.2 Å². The van der Waals surface area contributed by atoms with Crippen molar-refractivity contribution in [3.8, 4) is 5.75 Å². The third-order valence-corrected chi connectivity index (χ3v) is 2.30. The molecule has 0 aromatic heterocycles. The van der Waals surface area contributed by atoms with Crippen molar-refractivity contribution in [3.63, 3.8) is 0 Å². The van der Waals surface area contributed by atoms with Crippen LogP contribution in [0.2, 0.25) is 0 Å². The van der Waals surface area contributed by atoms with Crippen LogP contribution in [0.25, 0.3) is 0 Å². The molecule has 72 valence electrons. The topological polar surface area (TPSA) is 9.23 Å². The minimum absolute atomic E-state index is 0.212. The molecule has 0 amide bonds. The lowest BCUT2D eigenvalue weighted by molar-refractivity contribution is 0.283. The molecule has 0 bridgehead atoms. The van der Waals surface area contributed by atoms with Gasteiger partial charge in [-0.2, -0.15) is 0 Å². The number of allylic oxidation sites excluding steroid dienone is 3. The van der Waals surface area contributed by atoms with Crippen molar-refractivity contribution < 1.29 is 4.74 Å². The normalized spacial score (nSPS) is 20.2. The summed E-state index contributed by atoms with van der Waals surface area (Å²) >= 11 is 0. The van der Waals surface area contributed by atoms with Crippen LogP contribution in [0.4, 0.5) is 0 Å². The maximum Gasteiger partial charge on any atom is 0.123 e. The van der Waals surface area contributed by atoms with E-state index in [-0.39, 0.29) is 6.10 Å². The van der Waals surface area contributed by atoms with Gasteiger partial charge in [0.1, 0.15) is 11.9 Å². The molecular formula is C13H14O. The Kier molecular flexibility index (Phi) is 2.68. The second-order valence-corrected chi connectivity index (χ2v) is 3.38. The Hall–Kier alpha value is -1.50. The molecule has 0 saturated carbocycles. The molecule has 1 aromatic rings. The Bertz CT molecular complexity index is 338. The molecule has 0 N–H and O–H groups in total. The summed E-state index contributed by atoms with van der Waals surface area (Å²) in [6, 6.07) is 8.22. The molecule has 0 aliphatic carbocycles. The molecule has 0 fully saturated rings. The summed E-state index contributed by atoms with van der Waals surface area (Å²) < 4.78 is 5.73. The van der Waals surface area contributed by atoms with Gasteiger partial charge < -0.3 is 4.74 Å². The van der Waals surface area contributed by atoms with Gasteiger partial charge in [-0.1, -0.05) is 36.4 Å². The van der Waals surface area contributed by atoms with Crippen LogP contribution in [0, 0.1) is 0 Å². The van der Waals surface area contributed by atoms with Gasteiger partial charge in [-0.05, 0) is 24.6 Å². The number of hydrogen-bond acceptors (Lipinski definition) is 1. The Labute approximate surface area is 84.7 Å². The molecule has 0 spiro atoms. The quantitative estimate of drug-likeness (QED) is 0.645. The van der Waals surface area contributed by atoms with Crippen molar-refractivity contribution >= 4 is 0 Å². The fraction of sp³-hybridized carbons (Fsp3) is 0.231. The standard InChI is InChI=1S/C13H14O/c1-2-3-4-8-12-10-11-7-5-6-9-13(11)14-12/h2-9,12H,10H2,1H3/b3-2-,8-4-. The molecule has 1 aliphatic heterocycles. The summed E-state index contributed by atoms with van der Waals surface area (Å²) in [6.07, 6.45) is 9.37. The average molecular weight is 186 g/mol. The van der Waals surface area contributed by atoms with Crippen LogP contribution in [0.1, 0.15) is 12.5 Å². The SMILES string of the molecule is C/C=C\C=C/C1Cc2ccccc2O1. The molecule has 14 heavy (non-hydrogen) atoms. The predicted octanol–water partition coefficient (Wildman–Crippen LogP) is 3.12. The van der Waals surface area contributed by atoms with E-state index in [4.69, 9.17) is 4.74 Å². The summed E-state index contributed by atoms with van der Waals surface area (Å²) in [5.74, 6) is 1.03. The largest absolute Gasteiger partial charge is 0.486 e. The lowest BCUT2D eigenvalue weighted by atomic mass is 10.1. The van der Waals surface area contributed by atoms with E-state index in [0.29, 0.717) is 0 Å². The summed E-state index contributed by atoms with van der Waals surface area (Å²) in [5, 5.41) is 0. The molecule has 1 aliphatic rings. The summed E-state index contributed by atoms with van der Waals surface area (Å²) in [6.45, 7) is 2.01. The van der Waals surface area contributed by atoms with Crippen LogP contribution < -0.4 is 4.74 Å². The number of benzene rings is 1. The Morgan fingerprint density at radius 1 is 1.29 bits per heavy atom. The monoisotopic (exact) mass is 186 g/mol. The van der Waals surface area contributed by atoms with Gasteiger partial charge in [0.15, 0.2) is 0 Å². The van der Waals surface area contributed by atoms with E-state index >= 15 is 0 Å². The number of hydrogen-bond donors (Lipinski definition) is 0. The molecule has 1 atom stereocenters. The van der Waals surface area contributed by atoms with Gasteiger partial charge in [-0.3, -0.25) is 0 Å². The lowest BCUT2D eigenvalue weighted by Gasteiger charge is -2.03. The molecule has 0 saturated heterocycles. The highest BCUT2D eigenvalue weighted by Crippen LogP contribution is 2.28. The van der Waals surface area contributed by atoms with Crippen molar-refractivity contribution in [2.45, 2.75) is 19.4 Å². The van der Waals surface area contributed by atoms with Crippen molar-refractivity contribution in [3.05, 3.63) is 54.1 Å². The van der Waals surface area contributed by atoms with Gasteiger partial charge in [0.05, 0.1) is 0 Å². The molecule has 1 unspecified atom stereocenters. The van der Waals surface area contributed by atoms with E-state index in [2.05, 4.69) is 18.2 Å². The highest BCUT2D eigenvalue weighted by atomic mass is 16.5. The van der Waals surface area contributed by atoms with Crippen molar-refractivity contribution in [1.82, 2.24) is 0 Å². The van der Waals surface area contributed by atoms with Crippen LogP contribution in [0.5, 0.6) is 5.75 Å². The lowest BCUT2D eigenvalue weighted by Crippen LogP contribution is -2.07. The minimum Gasteiger partial charge on any atom is -0.486 e. The van der Waals surface area contributed by atoms with Crippen molar-refractivity contribution in [1.29, 1.82) is 0 Å². The summed E-state index contributed by atoms with van der Waals surface area (Å²) in [5.41, 5.74) is 1.31. The fourth-order valence-electron chi connectivity index (χ4n) is 1.62. The van der Waals surface area contributed by atoms with Crippen LogP contribution in [0.3, 0.4) is 0 Å². The van der Waals surface area contributed by atoms with E-state index in [1.807, 2.05) is 37.3 Å². The number of fused-ring (bicyclic) bond motifs is 1. The number of rotatable bonds is 2. The zero-order valence-electron chi connectivity index (χ0n) is 8.31. The molecular weight excluding hydrogens is 172 g/mol. The minimum atomic E-state index is 0.212. The molecule has 1 heteroatoms. The number of para-hydroxylation sites is 1. The first kappa shape index (κ1) is 9.07. The van der Waals surface area contributed by atoms with Crippen molar-refractivity contribution in [2.75, 3.05) is 0 Å². The first-order chi connectivity index (χ1) is 6.90. The third-order valence-electron chi connectivity index (χ3n) is 2.30. The Morgan fingerprint density at radius 2 is 2.14 bits per heavy atom. The zero-order valence-corrected chi connectivity index (χ0v) is 8.31. The van der Waals surface area contributed by atoms with Gasteiger partial charge in [0, 0.05) is 6.42 Å². The van der Waals surface area contributed by atoms with Gasteiger partial charge in [0.25, 0.3) is 0 Å². The molecule has 1 aromatic carbocycles. The van der Waals surface area contributed by atoms with E-state index in [1.54, 1.807) is 0 Å². The highest BCUT2D eigenvalue weighted by Gasteiger charge is 2.18. The average Bonchev–Trinajstić information content (AvgIpc) is 2.60. The van der Waals surface area contributed by atoms with Crippen LogP contribution >= 0.6 is 0 Å². The molecule has 1 heterocycles. The second-order valence-electron chi connectivity index (χ2n) is 3.38. The van der Waals surface area contributed by atoms with E-state index in [9.17, 15) is 0 Å². The van der Waals surface area contributed by atoms with E-state index < -0.39 is 0 Å². The van der Waals surface area contributed by atoms with E-state index in [1.165, 1.54) is 5.56 Å². The van der Waals surface area contributed by atoms with Crippen LogP contribution in [-0.4, -0.2) is 6.10 Å². The Morgan fingerprint density at radius 3 is 2.93 bits per heavy atom. The fourth-order valence-corrected chi connectivity index (χ4v) is 1.62. The van der Waals surface area contributed by atoms with Crippen molar-refractivity contribution in [2.24, 2.45) is 0 Å². The second kappa shape index (κ2) is 4.14. The third kappa shape index (κ3) is 1.87. The van der Waals surface area contributed by atoms with Crippen LogP contribution in [-0.2, 0) is 6.42 Å². The molecule has 1 nitrogen and oxygen atoms in total. The predicted molar refractivity (Wildman–Crippen MR) is 58.5 cm³/mol. The van der Waals surface area contributed by atoms with Crippen LogP contribution in [0.15, 0.2) is 48.6 Å². The number of ether oxygens (including phenoxy) is 1. The van der Waals surface area contributed by atoms with Gasteiger partial charge in [0.2, 0.25) is 0 Å². The highest BCUT2D eigenvalue weighted by molar-refractivity contribution is 5.38. The van der Waals surface area contributed by atoms with Gasteiger partial charge in [-0.25, -0.2) is 0 Å². The van der Waals surface area contributed by atoms with Gasteiger partial charge in [-0.15, -0.1) is 0 Å². The first-order valence-electron chi connectivity index (χ1n) is 4.94.